The van der Waals surface area contributed by atoms with Crippen LogP contribution in [0.25, 0.3) is 0 Å². The average molecular weight is 384 g/mol. The smallest absolute Gasteiger partial charge is 0.168 e. The van der Waals surface area contributed by atoms with Crippen molar-refractivity contribution >= 4 is 11.5 Å². The van der Waals surface area contributed by atoms with E-state index in [2.05, 4.69) is 25.9 Å². The number of oxime groups is 1. The van der Waals surface area contributed by atoms with Crippen molar-refractivity contribution in [2.75, 3.05) is 6.61 Å². The first-order valence-electron chi connectivity index (χ1n) is 10.7. The fourth-order valence-corrected chi connectivity index (χ4v) is 4.96. The summed E-state index contributed by atoms with van der Waals surface area (Å²) in [4.78, 5) is 18.3. The highest BCUT2D eigenvalue weighted by Gasteiger charge is 2.35. The van der Waals surface area contributed by atoms with Crippen molar-refractivity contribution < 1.29 is 14.7 Å². The molecule has 4 nitrogen and oxygen atoms in total. The Morgan fingerprint density at radius 3 is 2.43 bits per heavy atom. The van der Waals surface area contributed by atoms with Gasteiger partial charge in [0.1, 0.15) is 12.4 Å². The Kier molecular flexibility index (Phi) is 6.26. The number of hydrogen-bond acceptors (Lipinski definition) is 4. The lowest BCUT2D eigenvalue weighted by Gasteiger charge is -2.29. The van der Waals surface area contributed by atoms with E-state index in [-0.39, 0.29) is 17.5 Å². The van der Waals surface area contributed by atoms with E-state index in [0.29, 0.717) is 37.2 Å². The van der Waals surface area contributed by atoms with Crippen LogP contribution in [0.5, 0.6) is 0 Å². The van der Waals surface area contributed by atoms with Gasteiger partial charge in [-0.15, -0.1) is 0 Å². The van der Waals surface area contributed by atoms with E-state index in [9.17, 15) is 9.90 Å². The van der Waals surface area contributed by atoms with Crippen molar-refractivity contribution in [1.29, 1.82) is 0 Å². The molecule has 0 bridgehead atoms. The summed E-state index contributed by atoms with van der Waals surface area (Å²) in [5.74, 6) is 0.222. The number of Topliss-reactive ketones (excluding diaryl/α,β-unsaturated/α-hetero) is 1. The summed E-state index contributed by atoms with van der Waals surface area (Å²) in [5.41, 5.74) is 9.25. The topological polar surface area (TPSA) is 58.9 Å². The van der Waals surface area contributed by atoms with Crippen molar-refractivity contribution in [1.82, 2.24) is 0 Å². The predicted molar refractivity (Wildman–Crippen MR) is 113 cm³/mol. The normalized spacial score (nSPS) is 20.0. The Bertz CT molecular complexity index is 848. The van der Waals surface area contributed by atoms with Gasteiger partial charge in [0.2, 0.25) is 0 Å². The molecule has 3 rings (SSSR count). The number of aliphatic hydroxyl groups excluding tert-OH is 1. The summed E-state index contributed by atoms with van der Waals surface area (Å²) in [6, 6.07) is 0. The zero-order valence-electron chi connectivity index (χ0n) is 17.9. The van der Waals surface area contributed by atoms with Crippen LogP contribution in [0.15, 0.2) is 16.5 Å². The second-order valence-electron chi connectivity index (χ2n) is 8.16. The van der Waals surface area contributed by atoms with Gasteiger partial charge in [-0.1, -0.05) is 18.5 Å². The Morgan fingerprint density at radius 1 is 1.07 bits per heavy atom. The van der Waals surface area contributed by atoms with Gasteiger partial charge < -0.3 is 9.94 Å². The molecule has 1 aromatic rings. The van der Waals surface area contributed by atoms with E-state index in [4.69, 9.17) is 4.84 Å². The molecular formula is C24H33NO3. The van der Waals surface area contributed by atoms with Crippen LogP contribution in [-0.4, -0.2) is 23.2 Å². The van der Waals surface area contributed by atoms with Gasteiger partial charge >= 0.3 is 0 Å². The van der Waals surface area contributed by atoms with Gasteiger partial charge in [-0.2, -0.15) is 0 Å². The maximum atomic E-state index is 13.1. The molecule has 4 heteroatoms. The molecule has 0 heterocycles. The minimum Gasteiger partial charge on any atom is -0.511 e. The van der Waals surface area contributed by atoms with Crippen LogP contribution in [0.4, 0.5) is 0 Å². The third kappa shape index (κ3) is 3.61. The maximum Gasteiger partial charge on any atom is 0.168 e. The summed E-state index contributed by atoms with van der Waals surface area (Å²) >= 11 is 0. The van der Waals surface area contributed by atoms with Crippen LogP contribution >= 0.6 is 0 Å². The number of rotatable bonds is 6. The number of carbonyl (C=O) groups is 1. The van der Waals surface area contributed by atoms with Gasteiger partial charge in [-0.05, 0) is 92.7 Å². The molecule has 0 amide bonds. The van der Waals surface area contributed by atoms with Crippen molar-refractivity contribution in [3.05, 3.63) is 44.7 Å². The van der Waals surface area contributed by atoms with E-state index in [1.807, 2.05) is 13.8 Å². The molecule has 2 aliphatic rings. The molecule has 28 heavy (non-hydrogen) atoms. The zero-order chi connectivity index (χ0) is 20.4. The Labute approximate surface area is 168 Å². The van der Waals surface area contributed by atoms with E-state index in [0.717, 1.165) is 19.3 Å². The average Bonchev–Trinajstić information content (AvgIpc) is 3.13. The molecule has 0 spiro atoms. The quantitative estimate of drug-likeness (QED) is 0.517. The molecule has 0 radical (unpaired) electrons. The molecule has 0 aliphatic heterocycles. The first-order valence-corrected chi connectivity index (χ1v) is 10.7. The number of aliphatic hydroxyl groups is 1. The highest BCUT2D eigenvalue weighted by atomic mass is 16.6. The number of nitrogens with zero attached hydrogens (tertiary/aromatic N) is 1. The SMILES string of the molecule is CCC/C(=N\OCC)C1=C(O)CC(c2c(C)c(C)c(C)c3c2CCC3)CC1=O. The lowest BCUT2D eigenvalue weighted by Crippen LogP contribution is -2.25. The highest BCUT2D eigenvalue weighted by Crippen LogP contribution is 2.43. The first-order chi connectivity index (χ1) is 13.4. The van der Waals surface area contributed by atoms with Crippen LogP contribution < -0.4 is 0 Å². The minimum absolute atomic E-state index is 0.00923. The van der Waals surface area contributed by atoms with Gasteiger partial charge in [0.05, 0.1) is 11.3 Å². The van der Waals surface area contributed by atoms with Crippen LogP contribution in [0.1, 0.15) is 85.3 Å². The van der Waals surface area contributed by atoms with Crippen molar-refractivity contribution in [3.63, 3.8) is 0 Å². The van der Waals surface area contributed by atoms with E-state index < -0.39 is 0 Å². The summed E-state index contributed by atoms with van der Waals surface area (Å²) in [6.45, 7) is 10.9. The number of allylic oxidation sites excluding steroid dienone is 2. The minimum atomic E-state index is -0.00923. The van der Waals surface area contributed by atoms with Crippen molar-refractivity contribution in [2.24, 2.45) is 5.16 Å². The van der Waals surface area contributed by atoms with E-state index in [1.54, 1.807) is 0 Å². The van der Waals surface area contributed by atoms with Gasteiger partial charge in [0.15, 0.2) is 5.78 Å². The van der Waals surface area contributed by atoms with Crippen LogP contribution in [0.2, 0.25) is 0 Å². The van der Waals surface area contributed by atoms with Gasteiger partial charge in [-0.25, -0.2) is 0 Å². The summed E-state index contributed by atoms with van der Waals surface area (Å²) in [6.07, 6.45) is 5.82. The number of fused-ring (bicyclic) bond motifs is 1. The molecule has 1 unspecified atom stereocenters. The standard InChI is InChI=1S/C24H33NO3/c1-6-9-20(25-28-7-2)24-21(26)12-17(13-22(24)27)23-16(5)14(3)15(4)18-10-8-11-19(18)23/h17,26H,6-13H2,1-5H3/b25-20+. The largest absolute Gasteiger partial charge is 0.511 e. The van der Waals surface area contributed by atoms with Crippen LogP contribution in [0.3, 0.4) is 0 Å². The summed E-state index contributed by atoms with van der Waals surface area (Å²) in [5, 5.41) is 15.0. The van der Waals surface area contributed by atoms with Gasteiger partial charge in [0, 0.05) is 12.8 Å². The summed E-state index contributed by atoms with van der Waals surface area (Å²) < 4.78 is 0. The fraction of sp³-hybridized carbons (Fsp3) is 0.583. The molecule has 0 aromatic heterocycles. The fourth-order valence-electron chi connectivity index (χ4n) is 4.96. The highest BCUT2D eigenvalue weighted by molar-refractivity contribution is 6.23. The third-order valence-corrected chi connectivity index (χ3v) is 6.45. The number of ketones is 1. The van der Waals surface area contributed by atoms with Gasteiger partial charge in [0.25, 0.3) is 0 Å². The second kappa shape index (κ2) is 8.50. The molecule has 1 atom stereocenters. The van der Waals surface area contributed by atoms with Gasteiger partial charge in [-0.3, -0.25) is 4.79 Å². The number of carbonyl (C=O) groups excluding carboxylic acids is 1. The summed E-state index contributed by atoms with van der Waals surface area (Å²) in [7, 11) is 0. The monoisotopic (exact) mass is 383 g/mol. The molecular weight excluding hydrogens is 350 g/mol. The molecule has 2 aliphatic carbocycles. The lowest BCUT2D eigenvalue weighted by molar-refractivity contribution is -0.116. The second-order valence-corrected chi connectivity index (χ2v) is 8.16. The van der Waals surface area contributed by atoms with E-state index in [1.165, 1.54) is 39.8 Å². The Balaban J connectivity index is 2.02. The Morgan fingerprint density at radius 2 is 1.79 bits per heavy atom. The molecule has 152 valence electrons. The van der Waals surface area contributed by atoms with Crippen LogP contribution in [-0.2, 0) is 22.5 Å². The molecule has 0 saturated carbocycles. The molecule has 0 fully saturated rings. The third-order valence-electron chi connectivity index (χ3n) is 6.45. The number of hydrogen-bond donors (Lipinski definition) is 1. The van der Waals surface area contributed by atoms with Crippen LogP contribution in [0, 0.1) is 20.8 Å². The number of benzene rings is 1. The van der Waals surface area contributed by atoms with Crippen molar-refractivity contribution in [2.45, 2.75) is 85.5 Å². The molecule has 1 aromatic carbocycles. The molecule has 1 N–H and O–H groups in total. The Hall–Kier alpha value is -2.10. The van der Waals surface area contributed by atoms with Crippen molar-refractivity contribution in [3.8, 4) is 0 Å². The predicted octanol–water partition coefficient (Wildman–Crippen LogP) is 5.55. The lowest BCUT2D eigenvalue weighted by atomic mass is 9.75. The maximum absolute atomic E-state index is 13.1. The van der Waals surface area contributed by atoms with E-state index >= 15 is 0 Å². The zero-order valence-corrected chi connectivity index (χ0v) is 17.9. The first kappa shape index (κ1) is 20.6. The molecule has 0 saturated heterocycles.